The second-order valence-corrected chi connectivity index (χ2v) is 14.4. The summed E-state index contributed by atoms with van der Waals surface area (Å²) in [6, 6.07) is 11.6. The van der Waals surface area contributed by atoms with Gasteiger partial charge in [0.1, 0.15) is 23.0 Å². The predicted octanol–water partition coefficient (Wildman–Crippen LogP) is 4.50. The van der Waals surface area contributed by atoms with Crippen molar-refractivity contribution in [3.63, 3.8) is 0 Å². The molecule has 3 aliphatic rings. The Morgan fingerprint density at radius 1 is 1.06 bits per heavy atom. The number of phenolic OH excluding ortho intramolecular Hbond substituents is 1. The monoisotopic (exact) mass is 686 g/mol. The summed E-state index contributed by atoms with van der Waals surface area (Å²) in [4.78, 5) is 57.9. The summed E-state index contributed by atoms with van der Waals surface area (Å²) in [5.41, 5.74) is 0.394. The van der Waals surface area contributed by atoms with E-state index in [4.69, 9.17) is 21.4 Å². The number of imide groups is 1. The Labute approximate surface area is 282 Å². The largest absolute Gasteiger partial charge is 0.508 e. The number of thiophene rings is 1. The van der Waals surface area contributed by atoms with E-state index >= 15 is 0 Å². The number of allylic oxidation sites excluding steroid dienone is 2. The molecule has 246 valence electrons. The summed E-state index contributed by atoms with van der Waals surface area (Å²) in [5.74, 6) is -1.93. The number of hydrogen-bond donors (Lipinski definition) is 1. The minimum Gasteiger partial charge on any atom is -0.508 e. The smallest absolute Gasteiger partial charge is 0.347 e. The topological polar surface area (TPSA) is 134 Å². The highest BCUT2D eigenvalue weighted by molar-refractivity contribution is 7.22. The molecule has 2 aromatic carbocycles. The molecule has 48 heavy (non-hydrogen) atoms. The first-order valence-corrected chi connectivity index (χ1v) is 16.6. The van der Waals surface area contributed by atoms with E-state index in [-0.39, 0.29) is 18.7 Å². The summed E-state index contributed by atoms with van der Waals surface area (Å²) in [6.07, 6.45) is 1.96. The summed E-state index contributed by atoms with van der Waals surface area (Å²) in [7, 11) is 4.60. The number of nitrogens with zero attached hydrogens (tertiary/aromatic N) is 6. The van der Waals surface area contributed by atoms with E-state index in [9.17, 15) is 24.3 Å². The molecule has 0 radical (unpaired) electrons. The molecule has 1 saturated heterocycles. The van der Waals surface area contributed by atoms with Gasteiger partial charge in [-0.05, 0) is 61.1 Å². The van der Waals surface area contributed by atoms with E-state index < -0.39 is 46.5 Å². The number of benzene rings is 2. The van der Waals surface area contributed by atoms with Gasteiger partial charge in [-0.15, -0.1) is 11.3 Å². The standard InChI is InChI=1S/C34H31ClN6O6S/c1-16-21-12-17(35)6-9-26(21)48-29(16)23-15-27(38(4)36-23)40-30(43)22-14-24-19(10-11-39-32(45)37(3)33(46)41(24)39)28(34(22,2)31(40)44)20-8-7-18(47-5)13-25(20)42/h6-10,12-13,15,22,24,28,42H,11,14H2,1-5H3. The zero-order chi connectivity index (χ0) is 34.0. The lowest BCUT2D eigenvalue weighted by Crippen LogP contribution is -2.49. The Hall–Kier alpha value is -4.88. The Kier molecular flexibility index (Phi) is 6.54. The zero-order valence-electron chi connectivity index (χ0n) is 26.7. The molecule has 5 heterocycles. The fourth-order valence-corrected chi connectivity index (χ4v) is 9.38. The number of carbonyl (C=O) groups is 2. The first-order chi connectivity index (χ1) is 22.9. The Bertz CT molecular complexity index is 2400. The summed E-state index contributed by atoms with van der Waals surface area (Å²) in [5, 5.41) is 17.7. The van der Waals surface area contributed by atoms with Crippen LogP contribution in [0.3, 0.4) is 0 Å². The molecule has 8 rings (SSSR count). The van der Waals surface area contributed by atoms with Crippen molar-refractivity contribution in [1.29, 1.82) is 0 Å². The lowest BCUT2D eigenvalue weighted by Gasteiger charge is -2.47. The molecule has 4 unspecified atom stereocenters. The number of aromatic hydroxyl groups is 1. The quantitative estimate of drug-likeness (QED) is 0.217. The van der Waals surface area contributed by atoms with Gasteiger partial charge in [-0.3, -0.25) is 14.3 Å². The van der Waals surface area contributed by atoms with Gasteiger partial charge in [0.15, 0.2) is 0 Å². The normalized spacial score (nSPS) is 23.3. The number of amides is 2. The number of rotatable bonds is 4. The van der Waals surface area contributed by atoms with E-state index in [0.29, 0.717) is 33.4 Å². The van der Waals surface area contributed by atoms with Gasteiger partial charge < -0.3 is 9.84 Å². The summed E-state index contributed by atoms with van der Waals surface area (Å²) in [6.45, 7) is 3.86. The molecule has 1 aliphatic carbocycles. The molecular weight excluding hydrogens is 656 g/mol. The van der Waals surface area contributed by atoms with E-state index in [1.807, 2.05) is 31.2 Å². The maximum atomic E-state index is 14.9. The average Bonchev–Trinajstić information content (AvgIpc) is 3.72. The molecular formula is C34H31ClN6O6S. The maximum Gasteiger partial charge on any atom is 0.347 e. The third kappa shape index (κ3) is 3.91. The van der Waals surface area contributed by atoms with E-state index in [0.717, 1.165) is 25.1 Å². The Morgan fingerprint density at radius 2 is 1.83 bits per heavy atom. The fraction of sp³-hybridized carbons (Fsp3) is 0.324. The molecule has 3 aromatic heterocycles. The molecule has 14 heteroatoms. The average molecular weight is 687 g/mol. The predicted molar refractivity (Wildman–Crippen MR) is 181 cm³/mol. The van der Waals surface area contributed by atoms with E-state index in [2.05, 4.69) is 0 Å². The molecule has 0 spiro atoms. The number of aromatic nitrogens is 5. The second kappa shape index (κ2) is 10.3. The SMILES string of the molecule is COc1ccc(C2C3=CCn4c(=O)n(C)c(=O)n4C3CC3C(=O)N(c4cc(-c5sc6ccc(Cl)cc6c5C)nn4C)C(=O)C32C)c(O)c1. The van der Waals surface area contributed by atoms with Gasteiger partial charge in [-0.25, -0.2) is 28.4 Å². The lowest BCUT2D eigenvalue weighted by atomic mass is 9.56. The molecule has 1 N–H and O–H groups in total. The van der Waals surface area contributed by atoms with Gasteiger partial charge in [0.2, 0.25) is 11.8 Å². The molecule has 2 fully saturated rings. The van der Waals surface area contributed by atoms with Crippen molar-refractivity contribution in [2.45, 2.75) is 38.8 Å². The first-order valence-electron chi connectivity index (χ1n) is 15.4. The number of ether oxygens (including phenoxy) is 1. The molecule has 0 bridgehead atoms. The van der Waals surface area contributed by atoms with E-state index in [1.165, 1.54) is 39.2 Å². The van der Waals surface area contributed by atoms with Crippen molar-refractivity contribution >= 4 is 50.7 Å². The van der Waals surface area contributed by atoms with Crippen LogP contribution < -0.4 is 21.0 Å². The number of phenols is 1. The molecule has 2 aliphatic heterocycles. The molecule has 12 nitrogen and oxygen atoms in total. The minimum atomic E-state index is -1.35. The number of anilines is 1. The fourth-order valence-electron chi connectivity index (χ4n) is 8.06. The van der Waals surface area contributed by atoms with Crippen LogP contribution in [-0.4, -0.2) is 47.7 Å². The molecule has 4 atom stereocenters. The number of methoxy groups -OCH3 is 1. The van der Waals surface area contributed by atoms with Crippen LogP contribution >= 0.6 is 22.9 Å². The summed E-state index contributed by atoms with van der Waals surface area (Å²) >= 11 is 7.83. The van der Waals surface area contributed by atoms with Gasteiger partial charge in [0, 0.05) is 47.4 Å². The summed E-state index contributed by atoms with van der Waals surface area (Å²) < 4.78 is 11.7. The van der Waals surface area contributed by atoms with Gasteiger partial charge in [0.25, 0.3) is 0 Å². The van der Waals surface area contributed by atoms with Crippen LogP contribution in [0.5, 0.6) is 11.5 Å². The molecule has 2 amide bonds. The van der Waals surface area contributed by atoms with Gasteiger partial charge in [0.05, 0.1) is 35.9 Å². The maximum absolute atomic E-state index is 14.9. The highest BCUT2D eigenvalue weighted by Crippen LogP contribution is 2.62. The Balaban J connectivity index is 1.29. The number of hydrogen-bond acceptors (Lipinski definition) is 8. The lowest BCUT2D eigenvalue weighted by molar-refractivity contribution is -0.129. The van der Waals surface area contributed by atoms with Gasteiger partial charge in [-0.2, -0.15) is 5.10 Å². The molecule has 5 aromatic rings. The molecule has 1 saturated carbocycles. The van der Waals surface area contributed by atoms with Crippen molar-refractivity contribution < 1.29 is 19.4 Å². The van der Waals surface area contributed by atoms with Crippen LogP contribution in [0.1, 0.15) is 36.4 Å². The highest BCUT2D eigenvalue weighted by Gasteiger charge is 2.66. The number of carbonyl (C=O) groups excluding carboxylic acids is 2. The van der Waals surface area contributed by atoms with Crippen molar-refractivity contribution in [2.24, 2.45) is 25.4 Å². The zero-order valence-corrected chi connectivity index (χ0v) is 28.3. The van der Waals surface area contributed by atoms with Gasteiger partial charge in [-0.1, -0.05) is 23.7 Å². The highest BCUT2D eigenvalue weighted by atomic mass is 35.5. The van der Waals surface area contributed by atoms with Crippen LogP contribution in [0, 0.1) is 18.3 Å². The third-order valence-corrected chi connectivity index (χ3v) is 12.0. The van der Waals surface area contributed by atoms with Crippen LogP contribution in [0.25, 0.3) is 20.7 Å². The van der Waals surface area contributed by atoms with Crippen LogP contribution in [-0.2, 0) is 30.2 Å². The number of halogens is 1. The first kappa shape index (κ1) is 30.5. The minimum absolute atomic E-state index is 0.103. The number of fused-ring (bicyclic) bond motifs is 5. The van der Waals surface area contributed by atoms with Gasteiger partial charge >= 0.3 is 11.4 Å². The Morgan fingerprint density at radius 3 is 2.56 bits per heavy atom. The van der Waals surface area contributed by atoms with Crippen molar-refractivity contribution in [2.75, 3.05) is 12.0 Å². The van der Waals surface area contributed by atoms with Crippen LogP contribution in [0.2, 0.25) is 5.02 Å². The van der Waals surface area contributed by atoms with Crippen molar-refractivity contribution in [3.8, 4) is 22.1 Å². The van der Waals surface area contributed by atoms with E-state index in [1.54, 1.807) is 43.5 Å². The second-order valence-electron chi connectivity index (χ2n) is 12.9. The third-order valence-electron chi connectivity index (χ3n) is 10.5. The van der Waals surface area contributed by atoms with Crippen LogP contribution in [0.15, 0.2) is 63.7 Å². The van der Waals surface area contributed by atoms with Crippen molar-refractivity contribution in [1.82, 2.24) is 23.7 Å². The number of aryl methyl sites for hydroxylation is 2. The van der Waals surface area contributed by atoms with Crippen molar-refractivity contribution in [3.05, 3.63) is 91.2 Å². The van der Waals surface area contributed by atoms with Crippen LogP contribution in [0.4, 0.5) is 5.82 Å².